The molecule has 0 aromatic heterocycles. The Hall–Kier alpha value is -0.530. The Labute approximate surface area is 136 Å². The normalized spacial score (nSPS) is 39.3. The first-order chi connectivity index (χ1) is 10.2. The summed E-state index contributed by atoms with van der Waals surface area (Å²) in [7, 11) is 0. The molecule has 0 aromatic rings. The number of carbonyl (C=O) groups excluding carboxylic acids is 1. The van der Waals surface area contributed by atoms with Crippen LogP contribution in [0.2, 0.25) is 0 Å². The van der Waals surface area contributed by atoms with Gasteiger partial charge < -0.3 is 4.74 Å². The van der Waals surface area contributed by atoms with E-state index in [0.29, 0.717) is 11.8 Å². The standard InChI is InChI=1S/C20H34O2/c1-13(2)9-19(5,14(3)4)18(21)22-20-10-15-6-16(11-20)8-17(7-15)12-20/h13-17H,6-12H2,1-5H3. The van der Waals surface area contributed by atoms with Crippen LogP contribution in [0.1, 0.15) is 79.6 Å². The average Bonchev–Trinajstić information content (AvgIpc) is 2.34. The van der Waals surface area contributed by atoms with Crippen LogP contribution in [0.5, 0.6) is 0 Å². The molecule has 0 aliphatic heterocycles. The fourth-order valence-electron chi connectivity index (χ4n) is 5.87. The van der Waals surface area contributed by atoms with E-state index in [9.17, 15) is 4.79 Å². The highest BCUT2D eigenvalue weighted by molar-refractivity contribution is 5.77. The van der Waals surface area contributed by atoms with Crippen molar-refractivity contribution in [1.29, 1.82) is 0 Å². The molecule has 0 heterocycles. The third-order valence-electron chi connectivity index (χ3n) is 6.86. The van der Waals surface area contributed by atoms with Crippen molar-refractivity contribution in [2.45, 2.75) is 85.2 Å². The first-order valence-electron chi connectivity index (χ1n) is 9.46. The van der Waals surface area contributed by atoms with Crippen LogP contribution in [0.25, 0.3) is 0 Å². The minimum absolute atomic E-state index is 0.0816. The van der Waals surface area contributed by atoms with E-state index in [1.807, 2.05) is 0 Å². The molecule has 0 radical (unpaired) electrons. The molecule has 1 unspecified atom stereocenters. The zero-order valence-electron chi connectivity index (χ0n) is 15.2. The lowest BCUT2D eigenvalue weighted by Crippen LogP contribution is -2.54. The van der Waals surface area contributed by atoms with Gasteiger partial charge in [-0.25, -0.2) is 0 Å². The molecule has 0 amide bonds. The maximum absolute atomic E-state index is 13.1. The van der Waals surface area contributed by atoms with E-state index in [1.165, 1.54) is 19.3 Å². The molecule has 0 aromatic carbocycles. The van der Waals surface area contributed by atoms with Gasteiger partial charge in [-0.15, -0.1) is 0 Å². The topological polar surface area (TPSA) is 26.3 Å². The number of ether oxygens (including phenoxy) is 1. The number of carbonyl (C=O) groups is 1. The van der Waals surface area contributed by atoms with Crippen molar-refractivity contribution in [1.82, 2.24) is 0 Å². The lowest BCUT2D eigenvalue weighted by atomic mass is 9.54. The minimum atomic E-state index is -0.336. The monoisotopic (exact) mass is 306 g/mol. The summed E-state index contributed by atoms with van der Waals surface area (Å²) < 4.78 is 6.34. The predicted molar refractivity (Wildman–Crippen MR) is 89.4 cm³/mol. The highest BCUT2D eigenvalue weighted by Gasteiger charge is 2.54. The third-order valence-corrected chi connectivity index (χ3v) is 6.86. The number of hydrogen-bond acceptors (Lipinski definition) is 2. The Bertz CT molecular complexity index is 402. The second kappa shape index (κ2) is 5.53. The maximum atomic E-state index is 13.1. The van der Waals surface area contributed by atoms with Gasteiger partial charge in [0.15, 0.2) is 0 Å². The molecule has 4 bridgehead atoms. The molecule has 22 heavy (non-hydrogen) atoms. The van der Waals surface area contributed by atoms with E-state index >= 15 is 0 Å². The Morgan fingerprint density at radius 3 is 1.86 bits per heavy atom. The average molecular weight is 306 g/mol. The van der Waals surface area contributed by atoms with Crippen molar-refractivity contribution in [3.05, 3.63) is 0 Å². The van der Waals surface area contributed by atoms with Gasteiger partial charge in [-0.2, -0.15) is 0 Å². The number of rotatable bonds is 5. The molecule has 2 nitrogen and oxygen atoms in total. The molecule has 4 rings (SSSR count). The second-order valence-electron chi connectivity index (χ2n) is 9.66. The van der Waals surface area contributed by atoms with Crippen LogP contribution in [0.4, 0.5) is 0 Å². The molecule has 1 atom stereocenters. The molecule has 4 saturated carbocycles. The first kappa shape index (κ1) is 16.3. The summed E-state index contributed by atoms with van der Waals surface area (Å²) >= 11 is 0. The quantitative estimate of drug-likeness (QED) is 0.652. The van der Waals surface area contributed by atoms with Crippen molar-refractivity contribution in [3.63, 3.8) is 0 Å². The molecule has 4 aliphatic rings. The van der Waals surface area contributed by atoms with Crippen molar-refractivity contribution < 1.29 is 9.53 Å². The van der Waals surface area contributed by atoms with Crippen LogP contribution in [-0.4, -0.2) is 11.6 Å². The van der Waals surface area contributed by atoms with Crippen molar-refractivity contribution in [3.8, 4) is 0 Å². The van der Waals surface area contributed by atoms with Crippen molar-refractivity contribution in [2.75, 3.05) is 0 Å². The number of hydrogen-bond donors (Lipinski definition) is 0. The summed E-state index contributed by atoms with van der Waals surface area (Å²) in [6.45, 7) is 10.9. The largest absolute Gasteiger partial charge is 0.459 e. The van der Waals surface area contributed by atoms with Gasteiger partial charge >= 0.3 is 5.97 Å². The Kier molecular flexibility index (Phi) is 4.10. The molecule has 2 heteroatoms. The summed E-state index contributed by atoms with van der Waals surface area (Å²) in [5.74, 6) is 3.42. The Morgan fingerprint density at radius 2 is 1.50 bits per heavy atom. The molecule has 0 spiro atoms. The van der Waals surface area contributed by atoms with Gasteiger partial charge in [-0.05, 0) is 81.5 Å². The molecule has 0 N–H and O–H groups in total. The van der Waals surface area contributed by atoms with Crippen molar-refractivity contribution in [2.24, 2.45) is 35.0 Å². The number of esters is 1. The first-order valence-corrected chi connectivity index (χ1v) is 9.46. The fourth-order valence-corrected chi connectivity index (χ4v) is 5.87. The summed E-state index contributed by atoms with van der Waals surface area (Å²) in [6.07, 6.45) is 8.52. The summed E-state index contributed by atoms with van der Waals surface area (Å²) in [6, 6.07) is 0. The van der Waals surface area contributed by atoms with Crippen LogP contribution in [-0.2, 0) is 9.53 Å². The zero-order chi connectivity index (χ0) is 16.1. The lowest BCUT2D eigenvalue weighted by Gasteiger charge is -2.56. The van der Waals surface area contributed by atoms with E-state index in [4.69, 9.17) is 4.74 Å². The van der Waals surface area contributed by atoms with Crippen LogP contribution >= 0.6 is 0 Å². The third kappa shape index (κ3) is 2.83. The van der Waals surface area contributed by atoms with Crippen LogP contribution in [0.15, 0.2) is 0 Å². The molecular formula is C20H34O2. The van der Waals surface area contributed by atoms with Crippen LogP contribution in [0, 0.1) is 35.0 Å². The summed E-state index contributed by atoms with van der Waals surface area (Å²) in [4.78, 5) is 13.1. The van der Waals surface area contributed by atoms with Gasteiger partial charge in [-0.3, -0.25) is 4.79 Å². The van der Waals surface area contributed by atoms with Gasteiger partial charge in [0.2, 0.25) is 0 Å². The van der Waals surface area contributed by atoms with E-state index in [2.05, 4.69) is 34.6 Å². The predicted octanol–water partition coefficient (Wildman–Crippen LogP) is 5.21. The van der Waals surface area contributed by atoms with Gasteiger partial charge in [-0.1, -0.05) is 27.7 Å². The van der Waals surface area contributed by atoms with Gasteiger partial charge in [0.05, 0.1) is 5.41 Å². The van der Waals surface area contributed by atoms with E-state index in [1.54, 1.807) is 0 Å². The van der Waals surface area contributed by atoms with Crippen LogP contribution in [0.3, 0.4) is 0 Å². The van der Waals surface area contributed by atoms with E-state index < -0.39 is 0 Å². The van der Waals surface area contributed by atoms with Gasteiger partial charge in [0, 0.05) is 0 Å². The zero-order valence-corrected chi connectivity index (χ0v) is 15.2. The van der Waals surface area contributed by atoms with E-state index in [0.717, 1.165) is 43.4 Å². The molecule has 4 aliphatic carbocycles. The molecular weight excluding hydrogens is 272 g/mol. The fraction of sp³-hybridized carbons (Fsp3) is 0.950. The minimum Gasteiger partial charge on any atom is -0.459 e. The summed E-state index contributed by atoms with van der Waals surface area (Å²) in [5.41, 5.74) is -0.434. The Balaban J connectivity index is 1.75. The Morgan fingerprint density at radius 1 is 1.05 bits per heavy atom. The maximum Gasteiger partial charge on any atom is 0.312 e. The highest BCUT2D eigenvalue weighted by Crippen LogP contribution is 2.57. The van der Waals surface area contributed by atoms with E-state index in [-0.39, 0.29) is 17.0 Å². The molecule has 126 valence electrons. The van der Waals surface area contributed by atoms with Gasteiger partial charge in [0.25, 0.3) is 0 Å². The smallest absolute Gasteiger partial charge is 0.312 e. The summed E-state index contributed by atoms with van der Waals surface area (Å²) in [5, 5.41) is 0. The van der Waals surface area contributed by atoms with Crippen LogP contribution < -0.4 is 0 Å². The SMILES string of the molecule is CC(C)CC(C)(C(=O)OC12CC3CC(CC(C3)C1)C2)C(C)C. The second-order valence-corrected chi connectivity index (χ2v) is 9.66. The lowest BCUT2D eigenvalue weighted by molar-refractivity contribution is -0.200. The molecule has 4 fully saturated rings. The highest BCUT2D eigenvalue weighted by atomic mass is 16.6. The van der Waals surface area contributed by atoms with Gasteiger partial charge in [0.1, 0.15) is 5.60 Å². The molecule has 0 saturated heterocycles. The van der Waals surface area contributed by atoms with Crippen molar-refractivity contribution >= 4 is 5.97 Å².